The molecule has 7 heteroatoms. The monoisotopic (exact) mass is 360 g/mol. The van der Waals surface area contributed by atoms with Crippen LogP contribution in [0.5, 0.6) is 0 Å². The zero-order chi connectivity index (χ0) is 18.8. The average molecular weight is 360 g/mol. The van der Waals surface area contributed by atoms with E-state index in [4.69, 9.17) is 0 Å². The molecule has 142 valence electrons. The molecule has 0 bridgehead atoms. The van der Waals surface area contributed by atoms with Crippen molar-refractivity contribution in [2.75, 3.05) is 26.2 Å². The van der Waals surface area contributed by atoms with Gasteiger partial charge in [0.1, 0.15) is 0 Å². The molecular formula is C19H28N4O3. The van der Waals surface area contributed by atoms with E-state index in [0.717, 1.165) is 25.7 Å². The van der Waals surface area contributed by atoms with Gasteiger partial charge in [-0.1, -0.05) is 19.3 Å². The van der Waals surface area contributed by atoms with Gasteiger partial charge in [-0.15, -0.1) is 0 Å². The van der Waals surface area contributed by atoms with Crippen LogP contribution >= 0.6 is 0 Å². The molecule has 2 heterocycles. The molecule has 0 atom stereocenters. The molecular weight excluding hydrogens is 332 g/mol. The van der Waals surface area contributed by atoms with Crippen LogP contribution in [0.4, 0.5) is 0 Å². The summed E-state index contributed by atoms with van der Waals surface area (Å²) in [5.41, 5.74) is 1.68. The lowest BCUT2D eigenvalue weighted by atomic mass is 9.88. The Hall–Kier alpha value is -2.18. The number of amides is 2. The maximum absolute atomic E-state index is 12.6. The number of carbonyl (C=O) groups excluding carboxylic acids is 3. The number of nitrogens with zero attached hydrogens (tertiary/aromatic N) is 4. The van der Waals surface area contributed by atoms with Crippen molar-refractivity contribution in [2.45, 2.75) is 46.0 Å². The fraction of sp³-hybridized carbons (Fsp3) is 0.684. The van der Waals surface area contributed by atoms with E-state index in [2.05, 4.69) is 5.10 Å². The molecule has 1 aliphatic heterocycles. The Bertz CT molecular complexity index is 711. The smallest absolute Gasteiger partial charge is 0.295 e. The Kier molecular flexibility index (Phi) is 5.44. The highest BCUT2D eigenvalue weighted by molar-refractivity contribution is 6.43. The van der Waals surface area contributed by atoms with Gasteiger partial charge in [-0.05, 0) is 26.7 Å². The second-order valence-corrected chi connectivity index (χ2v) is 7.45. The fourth-order valence-corrected chi connectivity index (χ4v) is 4.09. The largest absolute Gasteiger partial charge is 0.339 e. The molecule has 26 heavy (non-hydrogen) atoms. The second kappa shape index (κ2) is 7.60. The molecule has 1 aliphatic carbocycles. The third-order valence-corrected chi connectivity index (χ3v) is 5.76. The van der Waals surface area contributed by atoms with Crippen LogP contribution in [-0.2, 0) is 16.6 Å². The molecule has 0 N–H and O–H groups in total. The van der Waals surface area contributed by atoms with Crippen molar-refractivity contribution < 1.29 is 14.4 Å². The van der Waals surface area contributed by atoms with Crippen molar-refractivity contribution >= 4 is 17.6 Å². The first kappa shape index (κ1) is 18.6. The highest BCUT2D eigenvalue weighted by Gasteiger charge is 2.33. The standard InChI is InChI=1S/C19H28N4O3/c1-13-16(14(2)21(3)20-13)17(24)19(26)23-11-9-22(10-12-23)18(25)15-7-5-4-6-8-15/h15H,4-12H2,1-3H3. The van der Waals surface area contributed by atoms with Gasteiger partial charge in [-0.3, -0.25) is 19.1 Å². The van der Waals surface area contributed by atoms with E-state index in [1.54, 1.807) is 30.5 Å². The first-order valence-corrected chi connectivity index (χ1v) is 9.52. The molecule has 1 saturated carbocycles. The molecule has 0 unspecified atom stereocenters. The highest BCUT2D eigenvalue weighted by atomic mass is 16.2. The van der Waals surface area contributed by atoms with Gasteiger partial charge in [-0.2, -0.15) is 5.10 Å². The Morgan fingerprint density at radius 1 is 0.923 bits per heavy atom. The number of aryl methyl sites for hydroxylation is 2. The van der Waals surface area contributed by atoms with Crippen molar-refractivity contribution in [3.05, 3.63) is 17.0 Å². The number of carbonyl (C=O) groups is 3. The lowest BCUT2D eigenvalue weighted by Gasteiger charge is -2.36. The molecule has 0 radical (unpaired) electrons. The van der Waals surface area contributed by atoms with Crippen molar-refractivity contribution in [1.82, 2.24) is 19.6 Å². The first-order valence-electron chi connectivity index (χ1n) is 9.52. The lowest BCUT2D eigenvalue weighted by molar-refractivity contribution is -0.141. The SMILES string of the molecule is Cc1nn(C)c(C)c1C(=O)C(=O)N1CCN(C(=O)C2CCCCC2)CC1. The van der Waals surface area contributed by atoms with E-state index >= 15 is 0 Å². The van der Waals surface area contributed by atoms with Crippen molar-refractivity contribution in [3.8, 4) is 0 Å². The topological polar surface area (TPSA) is 75.5 Å². The third-order valence-electron chi connectivity index (χ3n) is 5.76. The van der Waals surface area contributed by atoms with E-state index in [0.29, 0.717) is 43.1 Å². The molecule has 0 aromatic carbocycles. The number of rotatable bonds is 3. The summed E-state index contributed by atoms with van der Waals surface area (Å²) in [5, 5.41) is 4.22. The number of piperazine rings is 1. The first-order chi connectivity index (χ1) is 12.4. The predicted octanol–water partition coefficient (Wildman–Crippen LogP) is 1.47. The summed E-state index contributed by atoms with van der Waals surface area (Å²) >= 11 is 0. The van der Waals surface area contributed by atoms with Crippen LogP contribution in [0.3, 0.4) is 0 Å². The van der Waals surface area contributed by atoms with Gasteiger partial charge >= 0.3 is 0 Å². The van der Waals surface area contributed by atoms with Gasteiger partial charge in [0.2, 0.25) is 5.91 Å². The van der Waals surface area contributed by atoms with Gasteiger partial charge in [-0.25, -0.2) is 0 Å². The molecule has 1 saturated heterocycles. The summed E-state index contributed by atoms with van der Waals surface area (Å²) in [6.07, 6.45) is 5.45. The van der Waals surface area contributed by atoms with Crippen molar-refractivity contribution in [1.29, 1.82) is 0 Å². The number of hydrogen-bond acceptors (Lipinski definition) is 4. The van der Waals surface area contributed by atoms with Crippen LogP contribution in [0.15, 0.2) is 0 Å². The number of hydrogen-bond donors (Lipinski definition) is 0. The highest BCUT2D eigenvalue weighted by Crippen LogP contribution is 2.26. The fourth-order valence-electron chi connectivity index (χ4n) is 4.09. The Labute approximate surface area is 154 Å². The van der Waals surface area contributed by atoms with E-state index in [9.17, 15) is 14.4 Å². The van der Waals surface area contributed by atoms with Crippen LogP contribution < -0.4 is 0 Å². The summed E-state index contributed by atoms with van der Waals surface area (Å²) in [6.45, 7) is 5.40. The molecule has 2 amide bonds. The maximum Gasteiger partial charge on any atom is 0.295 e. The minimum absolute atomic E-state index is 0.147. The van der Waals surface area contributed by atoms with Crippen LogP contribution in [0.25, 0.3) is 0 Å². The normalized spacial score (nSPS) is 18.9. The Balaban J connectivity index is 1.59. The third kappa shape index (κ3) is 3.52. The predicted molar refractivity (Wildman–Crippen MR) is 96.7 cm³/mol. The second-order valence-electron chi connectivity index (χ2n) is 7.45. The summed E-state index contributed by atoms with van der Waals surface area (Å²) in [5.74, 6) is -0.621. The summed E-state index contributed by atoms with van der Waals surface area (Å²) < 4.78 is 1.62. The van der Waals surface area contributed by atoms with Crippen molar-refractivity contribution in [2.24, 2.45) is 13.0 Å². The van der Waals surface area contributed by atoms with Crippen LogP contribution in [0.2, 0.25) is 0 Å². The number of Topliss-reactive ketones (excluding diaryl/α,β-unsaturated/α-hetero) is 1. The van der Waals surface area contributed by atoms with E-state index in [1.165, 1.54) is 6.42 Å². The zero-order valence-electron chi connectivity index (χ0n) is 16.0. The average Bonchev–Trinajstić information content (AvgIpc) is 2.92. The number of aromatic nitrogens is 2. The minimum atomic E-state index is -0.500. The summed E-state index contributed by atoms with van der Waals surface area (Å²) in [6, 6.07) is 0. The van der Waals surface area contributed by atoms with Gasteiger partial charge in [0.05, 0.1) is 11.3 Å². The molecule has 7 nitrogen and oxygen atoms in total. The van der Waals surface area contributed by atoms with E-state index in [1.807, 2.05) is 4.90 Å². The summed E-state index contributed by atoms with van der Waals surface area (Å²) in [7, 11) is 1.76. The lowest BCUT2D eigenvalue weighted by Crippen LogP contribution is -2.53. The quantitative estimate of drug-likeness (QED) is 0.604. The Morgan fingerprint density at radius 2 is 1.50 bits per heavy atom. The van der Waals surface area contributed by atoms with Crippen LogP contribution in [0.1, 0.15) is 53.8 Å². The van der Waals surface area contributed by atoms with Gasteiger partial charge in [0, 0.05) is 44.8 Å². The van der Waals surface area contributed by atoms with E-state index in [-0.39, 0.29) is 11.8 Å². The molecule has 0 spiro atoms. The van der Waals surface area contributed by atoms with Gasteiger partial charge in [0.15, 0.2) is 0 Å². The molecule has 3 rings (SSSR count). The minimum Gasteiger partial charge on any atom is -0.339 e. The van der Waals surface area contributed by atoms with Crippen LogP contribution in [0, 0.1) is 19.8 Å². The van der Waals surface area contributed by atoms with Crippen molar-refractivity contribution in [3.63, 3.8) is 0 Å². The number of ketones is 1. The summed E-state index contributed by atoms with van der Waals surface area (Å²) in [4.78, 5) is 41.3. The molecule has 1 aromatic heterocycles. The molecule has 1 aromatic rings. The zero-order valence-corrected chi connectivity index (χ0v) is 16.0. The van der Waals surface area contributed by atoms with Crippen LogP contribution in [-0.4, -0.2) is 63.4 Å². The molecule has 2 fully saturated rings. The maximum atomic E-state index is 12.6. The van der Waals surface area contributed by atoms with E-state index < -0.39 is 11.7 Å². The Morgan fingerprint density at radius 3 is 2.04 bits per heavy atom. The van der Waals surface area contributed by atoms with Gasteiger partial charge in [0.25, 0.3) is 11.7 Å². The van der Waals surface area contributed by atoms with Gasteiger partial charge < -0.3 is 9.80 Å². The molecule has 2 aliphatic rings.